The number of nitrogens with two attached hydrogens (primary N) is 1. The molecule has 1 aromatic carbocycles. The number of halogens is 1. The van der Waals surface area contributed by atoms with E-state index in [1.165, 1.54) is 12.1 Å². The molecular weight excluding hydrogens is 401 g/mol. The zero-order chi connectivity index (χ0) is 21.8. The van der Waals surface area contributed by atoms with E-state index in [1.807, 2.05) is 0 Å². The second-order valence-corrected chi connectivity index (χ2v) is 7.58. The van der Waals surface area contributed by atoms with Crippen molar-refractivity contribution in [2.75, 3.05) is 13.1 Å². The number of amides is 1. The van der Waals surface area contributed by atoms with Crippen LogP contribution in [0.3, 0.4) is 0 Å². The van der Waals surface area contributed by atoms with Crippen molar-refractivity contribution < 1.29 is 18.4 Å². The molecule has 0 unspecified atom stereocenters. The number of likely N-dealkylation sites (tertiary alicyclic amines) is 1. The number of aryl methyl sites for hydroxylation is 1. The van der Waals surface area contributed by atoms with Crippen LogP contribution < -0.4 is 10.5 Å². The highest BCUT2D eigenvalue weighted by Crippen LogP contribution is 2.25. The Bertz CT molecular complexity index is 1050. The van der Waals surface area contributed by atoms with Crippen LogP contribution in [0, 0.1) is 5.82 Å². The second kappa shape index (κ2) is 9.22. The first-order valence-electron chi connectivity index (χ1n) is 10.3. The Morgan fingerprint density at radius 2 is 2.16 bits per heavy atom. The number of ether oxygens (including phenoxy) is 1. The van der Waals surface area contributed by atoms with E-state index in [2.05, 4.69) is 26.9 Å². The molecule has 0 bridgehead atoms. The number of hydrogen-bond acceptors (Lipinski definition) is 7. The molecule has 1 aliphatic rings. The molecule has 1 fully saturated rings. The van der Waals surface area contributed by atoms with Crippen molar-refractivity contribution in [1.82, 2.24) is 20.0 Å². The van der Waals surface area contributed by atoms with Gasteiger partial charge in [-0.3, -0.25) is 14.7 Å². The lowest BCUT2D eigenvalue weighted by molar-refractivity contribution is 0.00844. The molecule has 2 aromatic heterocycles. The molecule has 2 N–H and O–H groups in total. The monoisotopic (exact) mass is 425 g/mol. The minimum absolute atomic E-state index is 0.0433. The number of nitrogens with zero attached hydrogens (tertiary/aromatic N) is 4. The minimum Gasteiger partial charge on any atom is -0.486 e. The topological polar surface area (TPSA) is 107 Å². The number of hydrogen-bond donors (Lipinski definition) is 1. The van der Waals surface area contributed by atoms with Gasteiger partial charge in [0.25, 0.3) is 0 Å². The largest absolute Gasteiger partial charge is 0.486 e. The highest BCUT2D eigenvalue weighted by molar-refractivity contribution is 5.93. The first kappa shape index (κ1) is 20.9. The van der Waals surface area contributed by atoms with Gasteiger partial charge in [0.2, 0.25) is 11.8 Å². The maximum Gasteiger partial charge on any atom is 0.248 e. The van der Waals surface area contributed by atoms with Crippen LogP contribution in [0.15, 0.2) is 41.1 Å². The fourth-order valence-corrected chi connectivity index (χ4v) is 3.39. The van der Waals surface area contributed by atoms with Gasteiger partial charge in [0.15, 0.2) is 5.82 Å². The van der Waals surface area contributed by atoms with Crippen molar-refractivity contribution in [2.45, 2.75) is 38.8 Å². The average Bonchev–Trinajstić information content (AvgIpc) is 3.18. The third-order valence-corrected chi connectivity index (χ3v) is 5.12. The Morgan fingerprint density at radius 1 is 1.32 bits per heavy atom. The highest BCUT2D eigenvalue weighted by atomic mass is 19.1. The van der Waals surface area contributed by atoms with E-state index >= 15 is 0 Å². The van der Waals surface area contributed by atoms with Crippen molar-refractivity contribution >= 4 is 5.91 Å². The number of aromatic nitrogens is 3. The molecule has 162 valence electrons. The Hall–Kier alpha value is -3.33. The first-order chi connectivity index (χ1) is 15.0. The van der Waals surface area contributed by atoms with E-state index in [4.69, 9.17) is 15.0 Å². The standard InChI is InChI=1S/C22H24FN5O3/c1-2-3-4-20-26-21(31-27-20)13-28-11-16(12-28)30-15-6-8-19(25-10-15)17-7-5-14(22(24)29)9-18(17)23/h5-10,16H,2-4,11-13H2,1H3,(H2,24,29). The van der Waals surface area contributed by atoms with Crippen LogP contribution in [0.5, 0.6) is 5.75 Å². The van der Waals surface area contributed by atoms with Gasteiger partial charge in [-0.1, -0.05) is 18.5 Å². The van der Waals surface area contributed by atoms with Crippen LogP contribution in [-0.4, -0.2) is 45.1 Å². The van der Waals surface area contributed by atoms with Gasteiger partial charge >= 0.3 is 0 Å². The minimum atomic E-state index is -0.673. The molecule has 0 radical (unpaired) electrons. The van der Waals surface area contributed by atoms with E-state index in [-0.39, 0.29) is 11.7 Å². The summed E-state index contributed by atoms with van der Waals surface area (Å²) in [5.74, 6) is 0.776. The molecule has 1 aliphatic heterocycles. The number of benzene rings is 1. The summed E-state index contributed by atoms with van der Waals surface area (Å²) in [7, 11) is 0. The number of carbonyl (C=O) groups is 1. The SMILES string of the molecule is CCCCc1noc(CN2CC(Oc3ccc(-c4ccc(C(N)=O)cc4F)nc3)C2)n1. The van der Waals surface area contributed by atoms with Gasteiger partial charge in [0.1, 0.15) is 17.7 Å². The maximum absolute atomic E-state index is 14.3. The number of carbonyl (C=O) groups excluding carboxylic acids is 1. The summed E-state index contributed by atoms with van der Waals surface area (Å²) in [6, 6.07) is 7.52. The van der Waals surface area contributed by atoms with Gasteiger partial charge in [0.05, 0.1) is 18.4 Å². The zero-order valence-corrected chi connectivity index (χ0v) is 17.3. The summed E-state index contributed by atoms with van der Waals surface area (Å²) < 4.78 is 25.5. The molecule has 0 atom stereocenters. The van der Waals surface area contributed by atoms with Crippen molar-refractivity contribution in [3.63, 3.8) is 0 Å². The second-order valence-electron chi connectivity index (χ2n) is 7.58. The fourth-order valence-electron chi connectivity index (χ4n) is 3.39. The fraction of sp³-hybridized carbons (Fsp3) is 0.364. The number of unbranched alkanes of at least 4 members (excludes halogenated alkanes) is 1. The lowest BCUT2D eigenvalue weighted by Gasteiger charge is -2.37. The van der Waals surface area contributed by atoms with Crippen molar-refractivity contribution in [3.05, 3.63) is 59.6 Å². The molecule has 0 aliphatic carbocycles. The number of rotatable bonds is 9. The Labute approximate surface area is 179 Å². The normalized spacial score (nSPS) is 14.4. The van der Waals surface area contributed by atoms with Crippen LogP contribution in [0.4, 0.5) is 4.39 Å². The highest BCUT2D eigenvalue weighted by Gasteiger charge is 2.30. The number of primary amides is 1. The van der Waals surface area contributed by atoms with E-state index in [0.29, 0.717) is 29.4 Å². The molecule has 3 heterocycles. The molecular formula is C22H24FN5O3. The summed E-state index contributed by atoms with van der Waals surface area (Å²) >= 11 is 0. The maximum atomic E-state index is 14.3. The van der Waals surface area contributed by atoms with Gasteiger partial charge < -0.3 is 15.0 Å². The lowest BCUT2D eigenvalue weighted by atomic mass is 10.1. The summed E-state index contributed by atoms with van der Waals surface area (Å²) in [6.45, 7) is 4.23. The van der Waals surface area contributed by atoms with Crippen LogP contribution in [0.1, 0.15) is 41.8 Å². The molecule has 8 nitrogen and oxygen atoms in total. The van der Waals surface area contributed by atoms with E-state index in [9.17, 15) is 9.18 Å². The first-order valence-corrected chi connectivity index (χ1v) is 10.3. The molecule has 0 spiro atoms. The molecule has 3 aromatic rings. The zero-order valence-electron chi connectivity index (χ0n) is 17.3. The number of pyridine rings is 1. The third kappa shape index (κ3) is 5.05. The molecule has 0 saturated carbocycles. The summed E-state index contributed by atoms with van der Waals surface area (Å²) in [5, 5.41) is 4.00. The van der Waals surface area contributed by atoms with E-state index in [0.717, 1.165) is 44.2 Å². The predicted octanol–water partition coefficient (Wildman–Crippen LogP) is 2.98. The Balaban J connectivity index is 1.28. The summed E-state index contributed by atoms with van der Waals surface area (Å²) in [4.78, 5) is 22.0. The van der Waals surface area contributed by atoms with Gasteiger partial charge in [-0.15, -0.1) is 0 Å². The van der Waals surface area contributed by atoms with Crippen LogP contribution in [-0.2, 0) is 13.0 Å². The molecule has 1 amide bonds. The Morgan fingerprint density at radius 3 is 2.84 bits per heavy atom. The lowest BCUT2D eigenvalue weighted by Crippen LogP contribution is -2.53. The van der Waals surface area contributed by atoms with Crippen LogP contribution >= 0.6 is 0 Å². The van der Waals surface area contributed by atoms with Gasteiger partial charge in [-0.2, -0.15) is 4.98 Å². The molecule has 1 saturated heterocycles. The van der Waals surface area contributed by atoms with Crippen molar-refractivity contribution in [3.8, 4) is 17.0 Å². The van der Waals surface area contributed by atoms with Crippen molar-refractivity contribution in [1.29, 1.82) is 0 Å². The van der Waals surface area contributed by atoms with Gasteiger partial charge in [-0.05, 0) is 36.8 Å². The molecule has 9 heteroatoms. The smallest absolute Gasteiger partial charge is 0.248 e. The predicted molar refractivity (Wildman–Crippen MR) is 111 cm³/mol. The van der Waals surface area contributed by atoms with Gasteiger partial charge in [0, 0.05) is 30.6 Å². The average molecular weight is 425 g/mol. The van der Waals surface area contributed by atoms with Gasteiger partial charge in [-0.25, -0.2) is 4.39 Å². The summed E-state index contributed by atoms with van der Waals surface area (Å²) in [5.41, 5.74) is 6.04. The molecule has 31 heavy (non-hydrogen) atoms. The van der Waals surface area contributed by atoms with Crippen molar-refractivity contribution in [2.24, 2.45) is 5.73 Å². The third-order valence-electron chi connectivity index (χ3n) is 5.12. The quantitative estimate of drug-likeness (QED) is 0.561. The van der Waals surface area contributed by atoms with Crippen LogP contribution in [0.25, 0.3) is 11.3 Å². The van der Waals surface area contributed by atoms with E-state index in [1.54, 1.807) is 18.3 Å². The molecule has 4 rings (SSSR count). The summed E-state index contributed by atoms with van der Waals surface area (Å²) in [6.07, 6.45) is 4.60. The van der Waals surface area contributed by atoms with Crippen LogP contribution in [0.2, 0.25) is 0 Å². The van der Waals surface area contributed by atoms with E-state index < -0.39 is 11.7 Å². The Kier molecular flexibility index (Phi) is 6.22.